The molecule has 0 saturated heterocycles. The predicted molar refractivity (Wildman–Crippen MR) is 54.4 cm³/mol. The first-order valence-electron chi connectivity index (χ1n) is 4.91. The zero-order valence-corrected chi connectivity index (χ0v) is 9.04. The number of hydrogen-bond donors (Lipinski definition) is 0. The van der Waals surface area contributed by atoms with Crippen LogP contribution >= 0.6 is 0 Å². The molecule has 76 valence electrons. The fourth-order valence-electron chi connectivity index (χ4n) is 1.26. The average Bonchev–Trinajstić information content (AvgIpc) is 2.00. The number of allylic oxidation sites excluding steroid dienone is 1. The van der Waals surface area contributed by atoms with E-state index in [1.807, 2.05) is 13.0 Å². The van der Waals surface area contributed by atoms with Gasteiger partial charge in [0.05, 0.1) is 6.61 Å². The third-order valence-electron chi connectivity index (χ3n) is 1.69. The summed E-state index contributed by atoms with van der Waals surface area (Å²) in [5, 5.41) is 0. The van der Waals surface area contributed by atoms with Gasteiger partial charge in [0.15, 0.2) is 0 Å². The molecule has 0 bridgehead atoms. The second kappa shape index (κ2) is 6.70. The van der Waals surface area contributed by atoms with E-state index < -0.39 is 0 Å². The molecule has 13 heavy (non-hydrogen) atoms. The van der Waals surface area contributed by atoms with E-state index in [2.05, 4.69) is 20.8 Å². The molecule has 0 N–H and O–H groups in total. The maximum Gasteiger partial charge on any atom is 0.330 e. The Balaban J connectivity index is 3.75. The van der Waals surface area contributed by atoms with Crippen LogP contribution in [0.15, 0.2) is 12.2 Å². The van der Waals surface area contributed by atoms with Gasteiger partial charge in [-0.2, -0.15) is 0 Å². The molecule has 0 fully saturated rings. The number of hydrogen-bond acceptors (Lipinski definition) is 2. The Bertz CT molecular complexity index is 171. The highest BCUT2D eigenvalue weighted by atomic mass is 16.5. The summed E-state index contributed by atoms with van der Waals surface area (Å²) in [6.45, 7) is 8.71. The van der Waals surface area contributed by atoms with Crippen LogP contribution in [0.1, 0.15) is 34.1 Å². The molecule has 0 aromatic heterocycles. The molecule has 0 aliphatic carbocycles. The summed E-state index contributed by atoms with van der Waals surface area (Å²) >= 11 is 0. The first-order valence-corrected chi connectivity index (χ1v) is 4.91. The molecule has 0 aromatic rings. The summed E-state index contributed by atoms with van der Waals surface area (Å²) < 4.78 is 4.77. The molecule has 0 aliphatic heterocycles. The normalized spacial score (nSPS) is 13.6. The Morgan fingerprint density at radius 3 is 2.46 bits per heavy atom. The Morgan fingerprint density at radius 1 is 1.38 bits per heavy atom. The van der Waals surface area contributed by atoms with E-state index in [9.17, 15) is 4.79 Å². The second-order valence-corrected chi connectivity index (χ2v) is 3.72. The van der Waals surface area contributed by atoms with Gasteiger partial charge in [-0.25, -0.2) is 4.79 Å². The summed E-state index contributed by atoms with van der Waals surface area (Å²) in [5.41, 5.74) is 0. The van der Waals surface area contributed by atoms with Crippen molar-refractivity contribution in [2.45, 2.75) is 34.1 Å². The molecule has 2 nitrogen and oxygen atoms in total. The standard InChI is InChI=1S/C11H20O2/c1-5-13-11(12)7-6-10(4)8-9(2)3/h6-7,9-10H,5,8H2,1-4H3/b7-6-/t10-/m1/s1. The molecule has 0 radical (unpaired) electrons. The first kappa shape index (κ1) is 12.2. The molecule has 0 spiro atoms. The van der Waals surface area contributed by atoms with Gasteiger partial charge in [0.2, 0.25) is 0 Å². The van der Waals surface area contributed by atoms with Crippen LogP contribution in [-0.2, 0) is 9.53 Å². The fourth-order valence-corrected chi connectivity index (χ4v) is 1.26. The number of rotatable bonds is 5. The van der Waals surface area contributed by atoms with Crippen LogP contribution in [0.4, 0.5) is 0 Å². The van der Waals surface area contributed by atoms with Crippen molar-refractivity contribution < 1.29 is 9.53 Å². The van der Waals surface area contributed by atoms with E-state index in [1.54, 1.807) is 0 Å². The molecule has 0 aliphatic rings. The minimum atomic E-state index is -0.238. The Labute approximate surface area is 81.0 Å². The van der Waals surface area contributed by atoms with Gasteiger partial charge in [0.25, 0.3) is 0 Å². The summed E-state index contributed by atoms with van der Waals surface area (Å²) in [5.74, 6) is 0.879. The minimum absolute atomic E-state index is 0.238. The second-order valence-electron chi connectivity index (χ2n) is 3.72. The van der Waals surface area contributed by atoms with Crippen LogP contribution in [-0.4, -0.2) is 12.6 Å². The molecular formula is C11H20O2. The van der Waals surface area contributed by atoms with E-state index >= 15 is 0 Å². The first-order chi connectivity index (χ1) is 6.06. The predicted octanol–water partition coefficient (Wildman–Crippen LogP) is 2.79. The van der Waals surface area contributed by atoms with Gasteiger partial charge >= 0.3 is 5.97 Å². The molecule has 1 atom stereocenters. The van der Waals surface area contributed by atoms with Gasteiger partial charge in [-0.3, -0.25) is 0 Å². The lowest BCUT2D eigenvalue weighted by Crippen LogP contribution is -2.01. The van der Waals surface area contributed by atoms with E-state index in [0.29, 0.717) is 18.4 Å². The molecule has 0 saturated carbocycles. The molecule has 2 heteroatoms. The summed E-state index contributed by atoms with van der Waals surface area (Å²) in [4.78, 5) is 10.9. The Morgan fingerprint density at radius 2 is 2.00 bits per heavy atom. The maximum atomic E-state index is 10.9. The van der Waals surface area contributed by atoms with Gasteiger partial charge in [-0.1, -0.05) is 26.8 Å². The fraction of sp³-hybridized carbons (Fsp3) is 0.727. The summed E-state index contributed by atoms with van der Waals surface area (Å²) in [7, 11) is 0. The van der Waals surface area contributed by atoms with Crippen molar-refractivity contribution in [3.05, 3.63) is 12.2 Å². The number of carbonyl (C=O) groups excluding carboxylic acids is 1. The third-order valence-corrected chi connectivity index (χ3v) is 1.69. The molecular weight excluding hydrogens is 164 g/mol. The van der Waals surface area contributed by atoms with Gasteiger partial charge in [0.1, 0.15) is 0 Å². The highest BCUT2D eigenvalue weighted by molar-refractivity contribution is 5.81. The van der Waals surface area contributed by atoms with Crippen LogP contribution in [0, 0.1) is 11.8 Å². The molecule has 0 rings (SSSR count). The Hall–Kier alpha value is -0.790. The zero-order chi connectivity index (χ0) is 10.3. The van der Waals surface area contributed by atoms with Crippen molar-refractivity contribution in [2.24, 2.45) is 11.8 Å². The van der Waals surface area contributed by atoms with Crippen LogP contribution < -0.4 is 0 Å². The maximum absolute atomic E-state index is 10.9. The van der Waals surface area contributed by atoms with Crippen molar-refractivity contribution in [1.82, 2.24) is 0 Å². The number of ether oxygens (including phenoxy) is 1. The highest BCUT2D eigenvalue weighted by Gasteiger charge is 2.01. The van der Waals surface area contributed by atoms with Gasteiger partial charge < -0.3 is 4.74 Å². The monoisotopic (exact) mass is 184 g/mol. The SMILES string of the molecule is CCOC(=O)/C=C\[C@@H](C)CC(C)C. The van der Waals surface area contributed by atoms with Crippen molar-refractivity contribution in [1.29, 1.82) is 0 Å². The Kier molecular flexibility index (Phi) is 6.29. The van der Waals surface area contributed by atoms with Crippen molar-refractivity contribution in [2.75, 3.05) is 6.61 Å². The summed E-state index contributed by atoms with van der Waals surface area (Å²) in [6.07, 6.45) is 4.55. The van der Waals surface area contributed by atoms with Crippen LogP contribution in [0.5, 0.6) is 0 Å². The molecule has 0 heterocycles. The number of carbonyl (C=O) groups is 1. The summed E-state index contributed by atoms with van der Waals surface area (Å²) in [6, 6.07) is 0. The van der Waals surface area contributed by atoms with Crippen LogP contribution in [0.3, 0.4) is 0 Å². The van der Waals surface area contributed by atoms with Crippen molar-refractivity contribution in [3.8, 4) is 0 Å². The van der Waals surface area contributed by atoms with E-state index in [4.69, 9.17) is 4.74 Å². The van der Waals surface area contributed by atoms with Gasteiger partial charge in [-0.15, -0.1) is 0 Å². The van der Waals surface area contributed by atoms with E-state index in [1.165, 1.54) is 6.08 Å². The lowest BCUT2D eigenvalue weighted by molar-refractivity contribution is -0.137. The van der Waals surface area contributed by atoms with E-state index in [-0.39, 0.29) is 5.97 Å². The van der Waals surface area contributed by atoms with E-state index in [0.717, 1.165) is 6.42 Å². The molecule has 0 amide bonds. The highest BCUT2D eigenvalue weighted by Crippen LogP contribution is 2.11. The largest absolute Gasteiger partial charge is 0.463 e. The van der Waals surface area contributed by atoms with Crippen molar-refractivity contribution in [3.63, 3.8) is 0 Å². The smallest absolute Gasteiger partial charge is 0.330 e. The lowest BCUT2D eigenvalue weighted by atomic mass is 9.99. The van der Waals surface area contributed by atoms with Gasteiger partial charge in [-0.05, 0) is 25.2 Å². The average molecular weight is 184 g/mol. The molecule has 0 unspecified atom stereocenters. The van der Waals surface area contributed by atoms with Crippen molar-refractivity contribution >= 4 is 5.97 Å². The van der Waals surface area contributed by atoms with Crippen LogP contribution in [0.25, 0.3) is 0 Å². The number of esters is 1. The lowest BCUT2D eigenvalue weighted by Gasteiger charge is -2.08. The zero-order valence-electron chi connectivity index (χ0n) is 9.04. The van der Waals surface area contributed by atoms with Gasteiger partial charge in [0, 0.05) is 6.08 Å². The van der Waals surface area contributed by atoms with Crippen LogP contribution in [0.2, 0.25) is 0 Å². The third kappa shape index (κ3) is 7.57. The quantitative estimate of drug-likeness (QED) is 0.485. The topological polar surface area (TPSA) is 26.3 Å². The molecule has 0 aromatic carbocycles. The minimum Gasteiger partial charge on any atom is -0.463 e.